The molecule has 3 nitrogen and oxygen atoms in total. The summed E-state index contributed by atoms with van der Waals surface area (Å²) in [7, 11) is 0. The second-order valence-electron chi connectivity index (χ2n) is 3.62. The topological polar surface area (TPSA) is 53.2 Å². The lowest BCUT2D eigenvalue weighted by Gasteiger charge is -2.11. The molecule has 0 unspecified atom stereocenters. The van der Waals surface area contributed by atoms with Crippen LogP contribution in [-0.4, -0.2) is 5.11 Å². The summed E-state index contributed by atoms with van der Waals surface area (Å²) in [6.07, 6.45) is 0. The molecule has 0 amide bonds. The first-order valence-electron chi connectivity index (χ1n) is 5.31. The predicted molar refractivity (Wildman–Crippen MR) is 68.6 cm³/mol. The molecule has 0 aromatic heterocycles. The van der Waals surface area contributed by atoms with Gasteiger partial charge in [0.1, 0.15) is 5.75 Å². The third-order valence-corrected chi connectivity index (χ3v) is 2.72. The monoisotopic (exact) mass is 259 g/mol. The number of hydrogen-bond donors (Lipinski definition) is 1. The Morgan fingerprint density at radius 2 is 1.89 bits per heavy atom. The fourth-order valence-corrected chi connectivity index (χ4v) is 1.74. The van der Waals surface area contributed by atoms with Gasteiger partial charge in [-0.25, -0.2) is 0 Å². The standard InChI is InChI=1S/C14H10ClNO2/c15-13-3-1-2-11(9-17)14(13)18-12-6-4-10(8-16)5-7-12/h1-7,17H,9H2. The highest BCUT2D eigenvalue weighted by Gasteiger charge is 2.08. The van der Waals surface area contributed by atoms with Crippen molar-refractivity contribution in [3.8, 4) is 17.6 Å². The Morgan fingerprint density at radius 1 is 1.17 bits per heavy atom. The maximum Gasteiger partial charge on any atom is 0.151 e. The predicted octanol–water partition coefficient (Wildman–Crippen LogP) is 3.50. The van der Waals surface area contributed by atoms with E-state index in [2.05, 4.69) is 0 Å². The first-order valence-corrected chi connectivity index (χ1v) is 5.68. The second kappa shape index (κ2) is 5.54. The number of nitrogens with zero attached hydrogens (tertiary/aromatic N) is 1. The Kier molecular flexibility index (Phi) is 3.83. The van der Waals surface area contributed by atoms with E-state index in [1.54, 1.807) is 42.5 Å². The van der Waals surface area contributed by atoms with E-state index in [-0.39, 0.29) is 6.61 Å². The van der Waals surface area contributed by atoms with Crippen LogP contribution < -0.4 is 4.74 Å². The second-order valence-corrected chi connectivity index (χ2v) is 4.03. The molecule has 2 aromatic carbocycles. The van der Waals surface area contributed by atoms with Gasteiger partial charge in [-0.2, -0.15) is 5.26 Å². The molecule has 0 radical (unpaired) electrons. The summed E-state index contributed by atoms with van der Waals surface area (Å²) in [4.78, 5) is 0. The van der Waals surface area contributed by atoms with E-state index in [0.29, 0.717) is 27.6 Å². The fraction of sp³-hybridized carbons (Fsp3) is 0.0714. The fourth-order valence-electron chi connectivity index (χ4n) is 1.51. The van der Waals surface area contributed by atoms with Crippen LogP contribution in [0.2, 0.25) is 5.02 Å². The van der Waals surface area contributed by atoms with Crippen molar-refractivity contribution in [3.63, 3.8) is 0 Å². The molecule has 0 heterocycles. The highest BCUT2D eigenvalue weighted by Crippen LogP contribution is 2.32. The van der Waals surface area contributed by atoms with Crippen LogP contribution in [0.1, 0.15) is 11.1 Å². The number of rotatable bonds is 3. The third-order valence-electron chi connectivity index (χ3n) is 2.42. The van der Waals surface area contributed by atoms with E-state index in [4.69, 9.17) is 21.6 Å². The molecule has 0 aliphatic carbocycles. The normalized spacial score (nSPS) is 9.83. The van der Waals surface area contributed by atoms with Crippen LogP contribution >= 0.6 is 11.6 Å². The minimum atomic E-state index is -0.147. The van der Waals surface area contributed by atoms with E-state index in [9.17, 15) is 5.11 Å². The molecule has 18 heavy (non-hydrogen) atoms. The van der Waals surface area contributed by atoms with Gasteiger partial charge in [-0.05, 0) is 30.3 Å². The van der Waals surface area contributed by atoms with Gasteiger partial charge in [0.2, 0.25) is 0 Å². The Labute approximate surface area is 110 Å². The molecule has 0 spiro atoms. The van der Waals surface area contributed by atoms with Crippen LogP contribution in [0.4, 0.5) is 0 Å². The van der Waals surface area contributed by atoms with E-state index in [1.165, 1.54) is 0 Å². The largest absolute Gasteiger partial charge is 0.455 e. The molecule has 0 saturated heterocycles. The highest BCUT2D eigenvalue weighted by atomic mass is 35.5. The summed E-state index contributed by atoms with van der Waals surface area (Å²) in [6.45, 7) is -0.147. The molecule has 0 atom stereocenters. The van der Waals surface area contributed by atoms with Crippen molar-refractivity contribution in [2.45, 2.75) is 6.61 Å². The minimum Gasteiger partial charge on any atom is -0.455 e. The molecule has 0 aliphatic rings. The Bertz CT molecular complexity index is 588. The van der Waals surface area contributed by atoms with Crippen molar-refractivity contribution in [2.75, 3.05) is 0 Å². The van der Waals surface area contributed by atoms with Gasteiger partial charge in [-0.15, -0.1) is 0 Å². The van der Waals surface area contributed by atoms with Crippen LogP contribution in [0.3, 0.4) is 0 Å². The van der Waals surface area contributed by atoms with E-state index < -0.39 is 0 Å². The van der Waals surface area contributed by atoms with Crippen molar-refractivity contribution in [1.29, 1.82) is 5.26 Å². The zero-order valence-corrected chi connectivity index (χ0v) is 10.2. The van der Waals surface area contributed by atoms with Gasteiger partial charge in [0.25, 0.3) is 0 Å². The molecule has 0 bridgehead atoms. The Balaban J connectivity index is 2.31. The van der Waals surface area contributed by atoms with E-state index in [0.717, 1.165) is 0 Å². The van der Waals surface area contributed by atoms with Crippen molar-refractivity contribution in [3.05, 3.63) is 58.6 Å². The van der Waals surface area contributed by atoms with Crippen LogP contribution in [0.15, 0.2) is 42.5 Å². The molecule has 1 N–H and O–H groups in total. The summed E-state index contributed by atoms with van der Waals surface area (Å²) in [5, 5.41) is 18.4. The Morgan fingerprint density at radius 3 is 2.50 bits per heavy atom. The maximum atomic E-state index is 9.22. The molecule has 0 aliphatic heterocycles. The van der Waals surface area contributed by atoms with Crippen LogP contribution in [-0.2, 0) is 6.61 Å². The number of aliphatic hydroxyl groups excluding tert-OH is 1. The molecule has 0 fully saturated rings. The third kappa shape index (κ3) is 2.62. The van der Waals surface area contributed by atoms with Crippen molar-refractivity contribution in [1.82, 2.24) is 0 Å². The lowest BCUT2D eigenvalue weighted by Crippen LogP contribution is -1.92. The summed E-state index contributed by atoms with van der Waals surface area (Å²) in [6, 6.07) is 13.9. The number of nitriles is 1. The van der Waals surface area contributed by atoms with Gasteiger partial charge in [0, 0.05) is 5.56 Å². The first-order chi connectivity index (χ1) is 8.74. The van der Waals surface area contributed by atoms with Gasteiger partial charge in [0.05, 0.1) is 23.3 Å². The number of aliphatic hydroxyl groups is 1. The number of ether oxygens (including phenoxy) is 1. The lowest BCUT2D eigenvalue weighted by molar-refractivity contribution is 0.276. The van der Waals surface area contributed by atoms with Gasteiger partial charge >= 0.3 is 0 Å². The molecular weight excluding hydrogens is 250 g/mol. The number of benzene rings is 2. The van der Waals surface area contributed by atoms with Gasteiger partial charge in [-0.3, -0.25) is 0 Å². The summed E-state index contributed by atoms with van der Waals surface area (Å²) >= 11 is 6.03. The van der Waals surface area contributed by atoms with Crippen molar-refractivity contribution < 1.29 is 9.84 Å². The molecular formula is C14H10ClNO2. The van der Waals surface area contributed by atoms with E-state index >= 15 is 0 Å². The smallest absolute Gasteiger partial charge is 0.151 e. The zero-order valence-electron chi connectivity index (χ0n) is 9.43. The van der Waals surface area contributed by atoms with Gasteiger partial charge in [-0.1, -0.05) is 23.7 Å². The summed E-state index contributed by atoms with van der Waals surface area (Å²) in [5.74, 6) is 1.00. The van der Waals surface area contributed by atoms with Crippen LogP contribution in [0.25, 0.3) is 0 Å². The molecule has 4 heteroatoms. The van der Waals surface area contributed by atoms with E-state index in [1.807, 2.05) is 6.07 Å². The van der Waals surface area contributed by atoms with Gasteiger partial charge in [0.15, 0.2) is 5.75 Å². The average Bonchev–Trinajstić information content (AvgIpc) is 2.42. The SMILES string of the molecule is N#Cc1ccc(Oc2c(Cl)cccc2CO)cc1. The average molecular weight is 260 g/mol. The van der Waals surface area contributed by atoms with Gasteiger partial charge < -0.3 is 9.84 Å². The maximum absolute atomic E-state index is 9.22. The molecule has 90 valence electrons. The number of hydrogen-bond acceptors (Lipinski definition) is 3. The molecule has 2 aromatic rings. The quantitative estimate of drug-likeness (QED) is 0.918. The highest BCUT2D eigenvalue weighted by molar-refractivity contribution is 6.32. The van der Waals surface area contributed by atoms with Crippen LogP contribution in [0.5, 0.6) is 11.5 Å². The molecule has 2 rings (SSSR count). The minimum absolute atomic E-state index is 0.147. The zero-order chi connectivity index (χ0) is 13.0. The van der Waals surface area contributed by atoms with Crippen molar-refractivity contribution >= 4 is 11.6 Å². The number of para-hydroxylation sites is 1. The first kappa shape index (κ1) is 12.4. The Hall–Kier alpha value is -2.02. The summed E-state index contributed by atoms with van der Waals surface area (Å²) < 4.78 is 5.63. The number of halogens is 1. The van der Waals surface area contributed by atoms with Crippen molar-refractivity contribution in [2.24, 2.45) is 0 Å². The molecule has 0 saturated carbocycles. The van der Waals surface area contributed by atoms with Crippen LogP contribution in [0, 0.1) is 11.3 Å². The lowest BCUT2D eigenvalue weighted by atomic mass is 10.2. The summed E-state index contributed by atoms with van der Waals surface area (Å²) in [5.41, 5.74) is 1.18.